The van der Waals surface area contributed by atoms with Gasteiger partial charge in [0.05, 0.1) is 0 Å². The van der Waals surface area contributed by atoms with E-state index in [1.165, 1.54) is 25.7 Å². The maximum atomic E-state index is 2.40. The van der Waals surface area contributed by atoms with Crippen LogP contribution in [0.3, 0.4) is 0 Å². The molecule has 14 heavy (non-hydrogen) atoms. The molecule has 0 radical (unpaired) electrons. The van der Waals surface area contributed by atoms with Crippen LogP contribution in [0.1, 0.15) is 60.3 Å². The minimum atomic E-state index is 0.830. The Morgan fingerprint density at radius 1 is 1.00 bits per heavy atom. The van der Waals surface area contributed by atoms with Crippen molar-refractivity contribution in [3.05, 3.63) is 12.2 Å². The number of unbranched alkanes of at least 4 members (excludes halogenated alkanes) is 1. The van der Waals surface area contributed by atoms with Gasteiger partial charge in [-0.15, -0.1) is 0 Å². The lowest BCUT2D eigenvalue weighted by Gasteiger charge is -2.23. The second kappa shape index (κ2) is 8.08. The molecule has 0 heteroatoms. The Balaban J connectivity index is 3.53. The second-order valence-electron chi connectivity index (χ2n) is 4.89. The van der Waals surface area contributed by atoms with Crippen molar-refractivity contribution in [2.75, 3.05) is 0 Å². The predicted molar refractivity (Wildman–Crippen MR) is 66.4 cm³/mol. The van der Waals surface area contributed by atoms with Crippen molar-refractivity contribution in [2.24, 2.45) is 17.8 Å². The van der Waals surface area contributed by atoms with Crippen molar-refractivity contribution < 1.29 is 0 Å². The lowest BCUT2D eigenvalue weighted by Crippen LogP contribution is -2.13. The Morgan fingerprint density at radius 3 is 2.14 bits per heavy atom. The molecule has 0 aliphatic heterocycles. The topological polar surface area (TPSA) is 0 Å². The molecule has 0 spiro atoms. The van der Waals surface area contributed by atoms with E-state index in [-0.39, 0.29) is 0 Å². The van der Waals surface area contributed by atoms with Crippen LogP contribution in [0.15, 0.2) is 12.2 Å². The highest BCUT2D eigenvalue weighted by atomic mass is 14.2. The highest BCUT2D eigenvalue weighted by Crippen LogP contribution is 2.24. The fraction of sp³-hybridized carbons (Fsp3) is 0.857. The van der Waals surface area contributed by atoms with Gasteiger partial charge in [0.2, 0.25) is 0 Å². The number of allylic oxidation sites excluding steroid dienone is 2. The summed E-state index contributed by atoms with van der Waals surface area (Å²) in [5, 5.41) is 0. The number of rotatable bonds is 7. The van der Waals surface area contributed by atoms with E-state index in [2.05, 4.69) is 46.8 Å². The van der Waals surface area contributed by atoms with E-state index in [0.717, 1.165) is 17.8 Å². The molecule has 0 heterocycles. The first-order valence-electron chi connectivity index (χ1n) is 6.24. The minimum Gasteiger partial charge on any atom is -0.0888 e. The first-order chi connectivity index (χ1) is 6.59. The lowest BCUT2D eigenvalue weighted by molar-refractivity contribution is 0.278. The van der Waals surface area contributed by atoms with Crippen LogP contribution in [0.5, 0.6) is 0 Å². The first kappa shape index (κ1) is 13.7. The Hall–Kier alpha value is -0.260. The monoisotopic (exact) mass is 196 g/mol. The molecule has 0 amide bonds. The molecule has 0 aliphatic rings. The van der Waals surface area contributed by atoms with Gasteiger partial charge in [-0.1, -0.05) is 53.2 Å². The van der Waals surface area contributed by atoms with Gasteiger partial charge in [-0.25, -0.2) is 0 Å². The molecule has 2 unspecified atom stereocenters. The molecular formula is C14H28. The van der Waals surface area contributed by atoms with Crippen LogP contribution >= 0.6 is 0 Å². The molecule has 2 atom stereocenters. The van der Waals surface area contributed by atoms with E-state index in [0.29, 0.717) is 0 Å². The third kappa shape index (κ3) is 6.23. The number of hydrogen-bond acceptors (Lipinski definition) is 0. The molecule has 0 saturated heterocycles. The summed E-state index contributed by atoms with van der Waals surface area (Å²) in [5.41, 5.74) is 0. The smallest absolute Gasteiger partial charge is 0.0351 e. The van der Waals surface area contributed by atoms with Crippen molar-refractivity contribution >= 4 is 0 Å². The van der Waals surface area contributed by atoms with Gasteiger partial charge in [0, 0.05) is 0 Å². The van der Waals surface area contributed by atoms with Crippen molar-refractivity contribution in [1.82, 2.24) is 0 Å². The summed E-state index contributed by atoms with van der Waals surface area (Å²) in [6.07, 6.45) is 9.78. The summed E-state index contributed by atoms with van der Waals surface area (Å²) in [6, 6.07) is 0. The van der Waals surface area contributed by atoms with Crippen LogP contribution < -0.4 is 0 Å². The van der Waals surface area contributed by atoms with Crippen molar-refractivity contribution in [2.45, 2.75) is 60.3 Å². The second-order valence-corrected chi connectivity index (χ2v) is 4.89. The number of hydrogen-bond donors (Lipinski definition) is 0. The molecule has 0 N–H and O–H groups in total. The zero-order valence-electron chi connectivity index (χ0n) is 10.7. The first-order valence-corrected chi connectivity index (χ1v) is 6.24. The molecule has 0 saturated carbocycles. The van der Waals surface area contributed by atoms with Crippen molar-refractivity contribution in [3.8, 4) is 0 Å². The van der Waals surface area contributed by atoms with Gasteiger partial charge in [-0.05, 0) is 37.0 Å². The van der Waals surface area contributed by atoms with Crippen LogP contribution in [0.4, 0.5) is 0 Å². The van der Waals surface area contributed by atoms with Gasteiger partial charge in [0.15, 0.2) is 0 Å². The third-order valence-corrected chi connectivity index (χ3v) is 3.38. The van der Waals surface area contributed by atoms with Crippen LogP contribution in [0.2, 0.25) is 0 Å². The van der Waals surface area contributed by atoms with E-state index in [1.807, 2.05) is 0 Å². The van der Waals surface area contributed by atoms with Crippen LogP contribution in [0, 0.1) is 17.8 Å². The van der Waals surface area contributed by atoms with Gasteiger partial charge in [-0.2, -0.15) is 0 Å². The molecule has 0 aromatic carbocycles. The zero-order valence-corrected chi connectivity index (χ0v) is 10.7. The molecule has 0 nitrogen and oxygen atoms in total. The summed E-state index contributed by atoms with van der Waals surface area (Å²) in [4.78, 5) is 0. The Morgan fingerprint density at radius 2 is 1.64 bits per heavy atom. The maximum absolute atomic E-state index is 2.40. The summed E-state index contributed by atoms with van der Waals surface area (Å²) >= 11 is 0. The summed E-state index contributed by atoms with van der Waals surface area (Å²) in [6.45, 7) is 11.6. The average molecular weight is 196 g/mol. The molecule has 0 aliphatic carbocycles. The van der Waals surface area contributed by atoms with E-state index in [1.54, 1.807) is 0 Å². The van der Waals surface area contributed by atoms with Crippen molar-refractivity contribution in [1.29, 1.82) is 0 Å². The molecule has 0 aromatic rings. The summed E-state index contributed by atoms with van der Waals surface area (Å²) < 4.78 is 0. The normalized spacial score (nSPS) is 16.4. The quantitative estimate of drug-likeness (QED) is 0.395. The van der Waals surface area contributed by atoms with Crippen LogP contribution in [0.25, 0.3) is 0 Å². The SMILES string of the molecule is CCC=CCCCC(C)C(C)C(C)C. The third-order valence-electron chi connectivity index (χ3n) is 3.38. The van der Waals surface area contributed by atoms with Crippen LogP contribution in [-0.2, 0) is 0 Å². The maximum Gasteiger partial charge on any atom is -0.0351 e. The predicted octanol–water partition coefficient (Wildman–Crippen LogP) is 5.05. The van der Waals surface area contributed by atoms with E-state index >= 15 is 0 Å². The van der Waals surface area contributed by atoms with Gasteiger partial charge in [0.1, 0.15) is 0 Å². The van der Waals surface area contributed by atoms with Gasteiger partial charge in [0.25, 0.3) is 0 Å². The van der Waals surface area contributed by atoms with E-state index < -0.39 is 0 Å². The van der Waals surface area contributed by atoms with E-state index in [9.17, 15) is 0 Å². The molecular weight excluding hydrogens is 168 g/mol. The molecule has 84 valence electrons. The lowest BCUT2D eigenvalue weighted by atomic mass is 9.83. The minimum absolute atomic E-state index is 0.830. The zero-order chi connectivity index (χ0) is 11.0. The Bertz CT molecular complexity index is 144. The average Bonchev–Trinajstić information content (AvgIpc) is 2.16. The fourth-order valence-electron chi connectivity index (χ4n) is 1.76. The largest absolute Gasteiger partial charge is 0.0888 e. The molecule has 0 aromatic heterocycles. The summed E-state index contributed by atoms with van der Waals surface area (Å²) in [7, 11) is 0. The van der Waals surface area contributed by atoms with E-state index in [4.69, 9.17) is 0 Å². The highest BCUT2D eigenvalue weighted by molar-refractivity contribution is 4.80. The highest BCUT2D eigenvalue weighted by Gasteiger charge is 2.14. The summed E-state index contributed by atoms with van der Waals surface area (Å²) in [5.74, 6) is 2.58. The van der Waals surface area contributed by atoms with Gasteiger partial charge >= 0.3 is 0 Å². The molecule has 0 bridgehead atoms. The molecule has 0 fully saturated rings. The Labute approximate surface area is 90.8 Å². The van der Waals surface area contributed by atoms with Crippen molar-refractivity contribution in [3.63, 3.8) is 0 Å². The van der Waals surface area contributed by atoms with Gasteiger partial charge in [-0.3, -0.25) is 0 Å². The molecule has 0 rings (SSSR count). The Kier molecular flexibility index (Phi) is 7.93. The van der Waals surface area contributed by atoms with Crippen LogP contribution in [-0.4, -0.2) is 0 Å². The van der Waals surface area contributed by atoms with Gasteiger partial charge < -0.3 is 0 Å². The standard InChI is InChI=1S/C14H28/c1-6-7-8-9-10-11-13(4)14(5)12(2)3/h7-8,12-14H,6,9-11H2,1-5H3. The fourth-order valence-corrected chi connectivity index (χ4v) is 1.76.